The second kappa shape index (κ2) is 13.1. The van der Waals surface area contributed by atoms with Gasteiger partial charge in [-0.3, -0.25) is 19.1 Å². The highest BCUT2D eigenvalue weighted by Gasteiger charge is 2.25. The van der Waals surface area contributed by atoms with Crippen LogP contribution >= 0.6 is 0 Å². The van der Waals surface area contributed by atoms with Crippen molar-refractivity contribution in [1.29, 1.82) is 0 Å². The van der Waals surface area contributed by atoms with Gasteiger partial charge < -0.3 is 25.9 Å². The van der Waals surface area contributed by atoms with E-state index in [1.54, 1.807) is 44.2 Å². The van der Waals surface area contributed by atoms with E-state index >= 15 is 0 Å². The first kappa shape index (κ1) is 28.0. The monoisotopic (exact) mass is 522 g/mol. The maximum Gasteiger partial charge on any atom is 0.274 e. The third-order valence-corrected chi connectivity index (χ3v) is 5.35. The summed E-state index contributed by atoms with van der Waals surface area (Å²) in [4.78, 5) is 39.3. The molecule has 0 aliphatic carbocycles. The quantitative estimate of drug-likeness (QED) is 0.190. The predicted molar refractivity (Wildman–Crippen MR) is 142 cm³/mol. The average molecular weight is 523 g/mol. The molecule has 2 aromatic carbocycles. The van der Waals surface area contributed by atoms with E-state index < -0.39 is 23.1 Å². The van der Waals surface area contributed by atoms with Gasteiger partial charge in [-0.1, -0.05) is 42.5 Å². The molecule has 4 N–H and O–H groups in total. The first-order valence-electron chi connectivity index (χ1n) is 12.0. The fourth-order valence-corrected chi connectivity index (χ4v) is 3.52. The lowest BCUT2D eigenvalue weighted by molar-refractivity contribution is 0.0919. The van der Waals surface area contributed by atoms with Crippen LogP contribution in [0.1, 0.15) is 52.2 Å². The van der Waals surface area contributed by atoms with Crippen molar-refractivity contribution in [2.24, 2.45) is 0 Å². The number of carbonyl (C=O) groups is 2. The second-order valence-corrected chi connectivity index (χ2v) is 8.72. The van der Waals surface area contributed by atoms with Gasteiger partial charge in [0.25, 0.3) is 11.8 Å². The smallest absolute Gasteiger partial charge is 0.274 e. The number of benzene rings is 2. The van der Waals surface area contributed by atoms with Gasteiger partial charge in [-0.15, -0.1) is 6.58 Å². The fourth-order valence-electron chi connectivity index (χ4n) is 3.52. The number of nitrogens with zero attached hydrogens (tertiary/aromatic N) is 1. The topological polar surface area (TPSA) is 125 Å². The van der Waals surface area contributed by atoms with Crippen molar-refractivity contribution in [3.05, 3.63) is 106 Å². The molecule has 38 heavy (non-hydrogen) atoms. The molecule has 0 spiro atoms. The van der Waals surface area contributed by atoms with Crippen LogP contribution in [0.5, 0.6) is 11.5 Å². The van der Waals surface area contributed by atoms with E-state index in [0.29, 0.717) is 12.0 Å². The standard InChI is InChI=1S/C28H31FN4O5/c1-4-5-13-37-23-14-21(29)12-11-20(23)15-31-27(35)22-16-33(30)24(28(36)32-18(2)3)26(25(22)34)38-17-19-9-7-6-8-10-19/h4,6-12,14,16,18H,1,5,13,15,17,30H2,2-3H3,(H,31,35)(H,32,36). The first-order chi connectivity index (χ1) is 18.2. The summed E-state index contributed by atoms with van der Waals surface area (Å²) in [6, 6.07) is 12.7. The van der Waals surface area contributed by atoms with Crippen molar-refractivity contribution < 1.29 is 23.5 Å². The fraction of sp³-hybridized carbons (Fsp3) is 0.250. The molecule has 0 aliphatic heterocycles. The van der Waals surface area contributed by atoms with Gasteiger partial charge >= 0.3 is 0 Å². The molecule has 0 saturated carbocycles. The number of nitrogens with two attached hydrogens (primary N) is 1. The molecule has 2 amide bonds. The highest BCUT2D eigenvalue weighted by molar-refractivity contribution is 5.98. The Morgan fingerprint density at radius 3 is 2.55 bits per heavy atom. The van der Waals surface area contributed by atoms with E-state index in [2.05, 4.69) is 17.2 Å². The molecule has 1 heterocycles. The van der Waals surface area contributed by atoms with Gasteiger partial charge in [0.05, 0.1) is 6.61 Å². The van der Waals surface area contributed by atoms with Gasteiger partial charge in [0, 0.05) is 30.4 Å². The number of nitrogens with one attached hydrogen (secondary N) is 2. The summed E-state index contributed by atoms with van der Waals surface area (Å²) in [6.07, 6.45) is 3.30. The predicted octanol–water partition coefficient (Wildman–Crippen LogP) is 3.30. The van der Waals surface area contributed by atoms with Crippen molar-refractivity contribution in [3.63, 3.8) is 0 Å². The molecule has 0 bridgehead atoms. The zero-order valence-electron chi connectivity index (χ0n) is 21.3. The third-order valence-electron chi connectivity index (χ3n) is 5.35. The minimum absolute atomic E-state index is 0.0237. The lowest BCUT2D eigenvalue weighted by Crippen LogP contribution is -2.38. The van der Waals surface area contributed by atoms with Crippen LogP contribution in [-0.2, 0) is 13.2 Å². The van der Waals surface area contributed by atoms with Gasteiger partial charge in [-0.25, -0.2) is 4.39 Å². The Morgan fingerprint density at radius 1 is 1.13 bits per heavy atom. The van der Waals surface area contributed by atoms with Crippen molar-refractivity contribution in [2.75, 3.05) is 12.4 Å². The number of aromatic nitrogens is 1. The van der Waals surface area contributed by atoms with Crippen LogP contribution in [0.25, 0.3) is 0 Å². The largest absolute Gasteiger partial charge is 0.493 e. The highest BCUT2D eigenvalue weighted by Crippen LogP contribution is 2.21. The molecule has 0 aliphatic rings. The zero-order valence-corrected chi connectivity index (χ0v) is 21.3. The summed E-state index contributed by atoms with van der Waals surface area (Å²) in [5.74, 6) is 4.12. The molecule has 0 fully saturated rings. The molecule has 200 valence electrons. The number of hydrogen-bond acceptors (Lipinski definition) is 6. The van der Waals surface area contributed by atoms with Crippen molar-refractivity contribution >= 4 is 11.8 Å². The Balaban J connectivity index is 1.90. The first-order valence-corrected chi connectivity index (χ1v) is 12.0. The van der Waals surface area contributed by atoms with Crippen LogP contribution in [0.3, 0.4) is 0 Å². The lowest BCUT2D eigenvalue weighted by Gasteiger charge is -2.17. The molecule has 0 saturated heterocycles. The summed E-state index contributed by atoms with van der Waals surface area (Å²) >= 11 is 0. The molecular weight excluding hydrogens is 491 g/mol. The van der Waals surface area contributed by atoms with E-state index in [9.17, 15) is 18.8 Å². The van der Waals surface area contributed by atoms with Gasteiger partial charge in [0.2, 0.25) is 5.43 Å². The van der Waals surface area contributed by atoms with Crippen molar-refractivity contribution in [2.45, 2.75) is 39.5 Å². The SMILES string of the molecule is C=CCCOc1cc(F)ccc1CNC(=O)c1cn(N)c(C(=O)NC(C)C)c(OCc2ccccc2)c1=O. The summed E-state index contributed by atoms with van der Waals surface area (Å²) in [5, 5.41) is 5.31. The number of halogens is 1. The number of carbonyl (C=O) groups excluding carboxylic acids is 2. The molecule has 10 heteroatoms. The molecule has 1 aromatic heterocycles. The van der Waals surface area contributed by atoms with Gasteiger partial charge in [0.15, 0.2) is 11.4 Å². The summed E-state index contributed by atoms with van der Waals surface area (Å²) in [6.45, 7) is 7.34. The molecule has 0 unspecified atom stereocenters. The van der Waals surface area contributed by atoms with Gasteiger partial charge in [0.1, 0.15) is 23.7 Å². The number of ether oxygens (including phenoxy) is 2. The molecule has 0 radical (unpaired) electrons. The van der Waals surface area contributed by atoms with Crippen LogP contribution in [-0.4, -0.2) is 29.1 Å². The Bertz CT molecular complexity index is 1360. The lowest BCUT2D eigenvalue weighted by atomic mass is 10.1. The number of amides is 2. The zero-order chi connectivity index (χ0) is 27.7. The Morgan fingerprint density at radius 2 is 1.87 bits per heavy atom. The van der Waals surface area contributed by atoms with Crippen molar-refractivity contribution in [1.82, 2.24) is 15.3 Å². The van der Waals surface area contributed by atoms with E-state index in [1.807, 2.05) is 6.07 Å². The van der Waals surface area contributed by atoms with Crippen LogP contribution in [0.2, 0.25) is 0 Å². The Labute approximate surface area is 220 Å². The van der Waals surface area contributed by atoms with Crippen LogP contribution in [0, 0.1) is 5.82 Å². The van der Waals surface area contributed by atoms with Crippen LogP contribution in [0.4, 0.5) is 4.39 Å². The summed E-state index contributed by atoms with van der Waals surface area (Å²) in [5.41, 5.74) is -0.0812. The van der Waals surface area contributed by atoms with E-state index in [1.165, 1.54) is 18.2 Å². The molecule has 3 rings (SSSR count). The Kier molecular flexibility index (Phi) is 9.64. The van der Waals surface area contributed by atoms with Gasteiger partial charge in [-0.05, 0) is 31.9 Å². The molecule has 0 atom stereocenters. The van der Waals surface area contributed by atoms with E-state index in [4.69, 9.17) is 15.3 Å². The maximum atomic E-state index is 13.7. The third kappa shape index (κ3) is 7.22. The Hall–Kier alpha value is -4.60. The summed E-state index contributed by atoms with van der Waals surface area (Å²) in [7, 11) is 0. The average Bonchev–Trinajstić information content (AvgIpc) is 2.88. The molecular formula is C28H31FN4O5. The number of nitrogen functional groups attached to an aromatic ring is 1. The number of rotatable bonds is 12. The van der Waals surface area contributed by atoms with Crippen molar-refractivity contribution in [3.8, 4) is 11.5 Å². The van der Waals surface area contributed by atoms with Gasteiger partial charge in [-0.2, -0.15) is 0 Å². The summed E-state index contributed by atoms with van der Waals surface area (Å²) < 4.78 is 26.0. The second-order valence-electron chi connectivity index (χ2n) is 8.72. The maximum absolute atomic E-state index is 13.7. The molecule has 9 nitrogen and oxygen atoms in total. The van der Waals surface area contributed by atoms with E-state index in [-0.39, 0.29) is 48.6 Å². The minimum Gasteiger partial charge on any atom is -0.493 e. The normalized spacial score (nSPS) is 10.6. The minimum atomic E-state index is -0.796. The van der Waals surface area contributed by atoms with E-state index in [0.717, 1.165) is 16.4 Å². The van der Waals surface area contributed by atoms with Crippen LogP contribution in [0.15, 0.2) is 72.2 Å². The number of hydrogen-bond donors (Lipinski definition) is 3. The molecule has 3 aromatic rings. The van der Waals surface area contributed by atoms with Crippen LogP contribution < -0.4 is 31.4 Å². The number of pyridine rings is 1. The highest BCUT2D eigenvalue weighted by atomic mass is 19.1.